The Balaban J connectivity index is 3.01. The zero-order valence-electron chi connectivity index (χ0n) is 23.0. The number of phenolic OH excluding ortho intramolecular Hbond substituents is 1. The van der Waals surface area contributed by atoms with Gasteiger partial charge in [0.05, 0.1) is 6.04 Å². The maximum Gasteiger partial charge on any atom is 0.326 e. The number of nitrogens with two attached hydrogens (primary N) is 3. The molecule has 4 unspecified atom stereocenters. The average molecular weight is 550 g/mol. The molecule has 218 valence electrons. The van der Waals surface area contributed by atoms with Crippen molar-refractivity contribution in [3.63, 3.8) is 0 Å². The highest BCUT2D eigenvalue weighted by Gasteiger charge is 2.32. The van der Waals surface area contributed by atoms with Crippen molar-refractivity contribution in [2.45, 2.75) is 77.5 Å². The Morgan fingerprint density at radius 1 is 0.897 bits per heavy atom. The smallest absolute Gasteiger partial charge is 0.326 e. The zero-order chi connectivity index (χ0) is 29.7. The average Bonchev–Trinajstić information content (AvgIpc) is 2.83. The number of amides is 3. The summed E-state index contributed by atoms with van der Waals surface area (Å²) < 4.78 is 0. The molecule has 0 heterocycles. The SMILES string of the molecule is CC(C)CC(N)C(=O)NC(CCCN=C(N)N)C(=O)NC(C(=O)NC(Cc1ccc(O)cc1)C(=O)O)C(C)C. The molecular weight excluding hydrogens is 506 g/mol. The van der Waals surface area contributed by atoms with Crippen LogP contribution in [0.1, 0.15) is 52.5 Å². The quantitative estimate of drug-likeness (QED) is 0.0756. The van der Waals surface area contributed by atoms with Crippen LogP contribution in [-0.4, -0.2) is 70.6 Å². The zero-order valence-corrected chi connectivity index (χ0v) is 23.0. The predicted octanol–water partition coefficient (Wildman–Crippen LogP) is -0.443. The van der Waals surface area contributed by atoms with Crippen molar-refractivity contribution < 1.29 is 29.4 Å². The number of hydrogen-bond acceptors (Lipinski definition) is 7. The third-order valence-corrected chi connectivity index (χ3v) is 5.88. The lowest BCUT2D eigenvalue weighted by molar-refractivity contribution is -0.142. The number of carbonyl (C=O) groups excluding carboxylic acids is 3. The van der Waals surface area contributed by atoms with Gasteiger partial charge >= 0.3 is 5.97 Å². The molecule has 0 aromatic heterocycles. The van der Waals surface area contributed by atoms with Crippen LogP contribution >= 0.6 is 0 Å². The minimum absolute atomic E-state index is 0.0300. The standard InChI is InChI=1S/C26H43N7O6/c1-14(2)12-18(27)22(35)31-19(6-5-11-30-26(28)29)23(36)33-21(15(3)4)24(37)32-20(25(38)39)13-16-7-9-17(34)10-8-16/h7-10,14-15,18-21,34H,5-6,11-13,27H2,1-4H3,(H,31,35)(H,32,37)(H,33,36)(H,38,39)(H4,28,29,30). The second-order valence-electron chi connectivity index (χ2n) is 10.2. The van der Waals surface area contributed by atoms with Gasteiger partial charge in [-0.15, -0.1) is 0 Å². The summed E-state index contributed by atoms with van der Waals surface area (Å²) in [6.07, 6.45) is 0.926. The van der Waals surface area contributed by atoms with Crippen LogP contribution in [0.15, 0.2) is 29.3 Å². The molecule has 13 nitrogen and oxygen atoms in total. The van der Waals surface area contributed by atoms with Gasteiger partial charge in [0.25, 0.3) is 0 Å². The largest absolute Gasteiger partial charge is 0.508 e. The van der Waals surface area contributed by atoms with E-state index in [1.165, 1.54) is 12.1 Å². The third-order valence-electron chi connectivity index (χ3n) is 5.88. The van der Waals surface area contributed by atoms with Gasteiger partial charge in [-0.2, -0.15) is 0 Å². The van der Waals surface area contributed by atoms with E-state index in [-0.39, 0.29) is 37.0 Å². The van der Waals surface area contributed by atoms with Gasteiger partial charge in [0.2, 0.25) is 17.7 Å². The molecule has 0 aliphatic heterocycles. The second kappa shape index (κ2) is 16.2. The first-order chi connectivity index (χ1) is 18.2. The lowest BCUT2D eigenvalue weighted by Crippen LogP contribution is -2.58. The Kier molecular flexibility index (Phi) is 13.7. The van der Waals surface area contributed by atoms with Crippen LogP contribution < -0.4 is 33.2 Å². The van der Waals surface area contributed by atoms with Crippen LogP contribution in [-0.2, 0) is 25.6 Å². The van der Waals surface area contributed by atoms with E-state index in [4.69, 9.17) is 17.2 Å². The van der Waals surface area contributed by atoms with Gasteiger partial charge < -0.3 is 43.4 Å². The number of phenols is 1. The first-order valence-corrected chi connectivity index (χ1v) is 12.9. The number of nitrogens with zero attached hydrogens (tertiary/aromatic N) is 1. The Bertz CT molecular complexity index is 993. The molecular formula is C26H43N7O6. The molecule has 0 saturated carbocycles. The fourth-order valence-electron chi connectivity index (χ4n) is 3.78. The summed E-state index contributed by atoms with van der Waals surface area (Å²) in [7, 11) is 0. The van der Waals surface area contributed by atoms with E-state index in [0.29, 0.717) is 18.4 Å². The summed E-state index contributed by atoms with van der Waals surface area (Å²) in [5, 5.41) is 26.9. The molecule has 0 aliphatic carbocycles. The number of rotatable bonds is 16. The molecule has 3 amide bonds. The highest BCUT2D eigenvalue weighted by molar-refractivity contribution is 5.94. The van der Waals surface area contributed by atoms with Crippen LogP contribution in [0.3, 0.4) is 0 Å². The van der Waals surface area contributed by atoms with E-state index >= 15 is 0 Å². The highest BCUT2D eigenvalue weighted by atomic mass is 16.4. The molecule has 1 aromatic carbocycles. The van der Waals surface area contributed by atoms with Gasteiger partial charge in [0.15, 0.2) is 5.96 Å². The number of carbonyl (C=O) groups is 4. The van der Waals surface area contributed by atoms with Crippen molar-refractivity contribution in [2.24, 2.45) is 34.0 Å². The summed E-state index contributed by atoms with van der Waals surface area (Å²) >= 11 is 0. The van der Waals surface area contributed by atoms with Crippen molar-refractivity contribution in [1.29, 1.82) is 0 Å². The van der Waals surface area contributed by atoms with Crippen LogP contribution in [0.4, 0.5) is 0 Å². The van der Waals surface area contributed by atoms with Gasteiger partial charge in [-0.25, -0.2) is 4.79 Å². The number of nitrogens with one attached hydrogen (secondary N) is 3. The van der Waals surface area contributed by atoms with Gasteiger partial charge in [-0.1, -0.05) is 39.8 Å². The summed E-state index contributed by atoms with van der Waals surface area (Å²) in [5.41, 5.74) is 17.3. The van der Waals surface area contributed by atoms with E-state index in [0.717, 1.165) is 0 Å². The van der Waals surface area contributed by atoms with Crippen molar-refractivity contribution in [2.75, 3.05) is 6.54 Å². The summed E-state index contributed by atoms with van der Waals surface area (Å²) in [4.78, 5) is 54.7. The lowest BCUT2D eigenvalue weighted by atomic mass is 10.00. The Hall–Kier alpha value is -3.87. The summed E-state index contributed by atoms with van der Waals surface area (Å²) in [6, 6.07) is 1.75. The number of hydrogen-bond donors (Lipinski definition) is 8. The van der Waals surface area contributed by atoms with E-state index in [9.17, 15) is 29.4 Å². The normalized spacial score (nSPS) is 14.1. The first-order valence-electron chi connectivity index (χ1n) is 12.9. The van der Waals surface area contributed by atoms with Crippen molar-refractivity contribution >= 4 is 29.7 Å². The number of aliphatic imine (C=N–C) groups is 1. The van der Waals surface area contributed by atoms with Gasteiger partial charge in [-0.05, 0) is 48.8 Å². The summed E-state index contributed by atoms with van der Waals surface area (Å²) in [5.74, 6) is -3.38. The van der Waals surface area contributed by atoms with E-state index in [1.54, 1.807) is 26.0 Å². The maximum atomic E-state index is 13.2. The molecule has 1 aromatic rings. The number of carboxylic acid groups (broad SMARTS) is 1. The number of guanidine groups is 1. The number of aliphatic carboxylic acids is 1. The molecule has 1 rings (SSSR count). The first kappa shape index (κ1) is 33.2. The molecule has 0 saturated heterocycles. The summed E-state index contributed by atoms with van der Waals surface area (Å²) in [6.45, 7) is 7.47. The van der Waals surface area contributed by atoms with Gasteiger partial charge in [0.1, 0.15) is 23.9 Å². The fourth-order valence-corrected chi connectivity index (χ4v) is 3.78. The van der Waals surface area contributed by atoms with E-state index < -0.39 is 53.8 Å². The predicted molar refractivity (Wildman–Crippen MR) is 147 cm³/mol. The highest BCUT2D eigenvalue weighted by Crippen LogP contribution is 2.12. The molecule has 13 heteroatoms. The maximum absolute atomic E-state index is 13.2. The minimum Gasteiger partial charge on any atom is -0.508 e. The van der Waals surface area contributed by atoms with Crippen LogP contribution in [0, 0.1) is 11.8 Å². The molecule has 11 N–H and O–H groups in total. The molecule has 0 radical (unpaired) electrons. The van der Waals surface area contributed by atoms with Crippen molar-refractivity contribution in [1.82, 2.24) is 16.0 Å². The number of benzene rings is 1. The lowest BCUT2D eigenvalue weighted by Gasteiger charge is -2.27. The topological polar surface area (TPSA) is 235 Å². The van der Waals surface area contributed by atoms with E-state index in [1.807, 2.05) is 13.8 Å². The van der Waals surface area contributed by atoms with E-state index in [2.05, 4.69) is 20.9 Å². The second-order valence-corrected chi connectivity index (χ2v) is 10.2. The number of carboxylic acids is 1. The third kappa shape index (κ3) is 12.5. The molecule has 0 spiro atoms. The molecule has 0 bridgehead atoms. The van der Waals surface area contributed by atoms with Crippen LogP contribution in [0.25, 0.3) is 0 Å². The minimum atomic E-state index is -1.27. The Labute approximate surface area is 229 Å². The van der Waals surface area contributed by atoms with Crippen LogP contribution in [0.2, 0.25) is 0 Å². The molecule has 4 atom stereocenters. The van der Waals surface area contributed by atoms with Crippen molar-refractivity contribution in [3.05, 3.63) is 29.8 Å². The van der Waals surface area contributed by atoms with Crippen LogP contribution in [0.5, 0.6) is 5.75 Å². The Morgan fingerprint density at radius 3 is 2.00 bits per heavy atom. The number of aromatic hydroxyl groups is 1. The Morgan fingerprint density at radius 2 is 1.49 bits per heavy atom. The van der Waals surface area contributed by atoms with Crippen molar-refractivity contribution in [3.8, 4) is 5.75 Å². The molecule has 0 aliphatic rings. The van der Waals surface area contributed by atoms with Gasteiger partial charge in [-0.3, -0.25) is 19.4 Å². The fraction of sp³-hybridized carbons (Fsp3) is 0.577. The molecule has 0 fully saturated rings. The monoisotopic (exact) mass is 549 g/mol. The molecule has 39 heavy (non-hydrogen) atoms. The van der Waals surface area contributed by atoms with Gasteiger partial charge in [0, 0.05) is 13.0 Å².